The molecule has 2 aromatic carbocycles. The SMILES string of the molecule is CC(C)Sc1ccc(Nc2ccccc2N)cc1. The van der Waals surface area contributed by atoms with E-state index in [2.05, 4.69) is 43.4 Å². The molecular weight excluding hydrogens is 240 g/mol. The third kappa shape index (κ3) is 3.44. The number of hydrogen-bond donors (Lipinski definition) is 2. The molecule has 2 aromatic rings. The maximum Gasteiger partial charge on any atom is 0.0617 e. The molecule has 0 aromatic heterocycles. The molecule has 0 unspecified atom stereocenters. The van der Waals surface area contributed by atoms with Crippen LogP contribution >= 0.6 is 11.8 Å². The second-order valence-electron chi connectivity index (χ2n) is 4.40. The van der Waals surface area contributed by atoms with E-state index in [1.807, 2.05) is 36.0 Å². The van der Waals surface area contributed by atoms with Crippen molar-refractivity contribution < 1.29 is 0 Å². The van der Waals surface area contributed by atoms with E-state index in [1.54, 1.807) is 0 Å². The third-order valence-electron chi connectivity index (χ3n) is 2.47. The van der Waals surface area contributed by atoms with Crippen molar-refractivity contribution in [2.75, 3.05) is 11.1 Å². The Bertz CT molecular complexity index is 506. The van der Waals surface area contributed by atoms with Crippen LogP contribution in [0.5, 0.6) is 0 Å². The first-order chi connectivity index (χ1) is 8.65. The molecule has 94 valence electrons. The van der Waals surface area contributed by atoms with Crippen LogP contribution in [0.3, 0.4) is 0 Å². The molecule has 2 nitrogen and oxygen atoms in total. The highest BCUT2D eigenvalue weighted by molar-refractivity contribution is 7.99. The molecule has 0 spiro atoms. The van der Waals surface area contributed by atoms with Crippen LogP contribution in [0.2, 0.25) is 0 Å². The molecule has 0 saturated heterocycles. The van der Waals surface area contributed by atoms with Gasteiger partial charge in [-0.05, 0) is 36.4 Å². The van der Waals surface area contributed by atoms with Crippen molar-refractivity contribution in [1.29, 1.82) is 0 Å². The highest BCUT2D eigenvalue weighted by Crippen LogP contribution is 2.26. The zero-order valence-corrected chi connectivity index (χ0v) is 11.5. The first kappa shape index (κ1) is 12.8. The van der Waals surface area contributed by atoms with Gasteiger partial charge in [-0.15, -0.1) is 11.8 Å². The monoisotopic (exact) mass is 258 g/mol. The molecule has 0 fully saturated rings. The van der Waals surface area contributed by atoms with E-state index in [-0.39, 0.29) is 0 Å². The highest BCUT2D eigenvalue weighted by atomic mass is 32.2. The Hall–Kier alpha value is -1.61. The number of hydrogen-bond acceptors (Lipinski definition) is 3. The smallest absolute Gasteiger partial charge is 0.0617 e. The van der Waals surface area contributed by atoms with Gasteiger partial charge in [0.05, 0.1) is 11.4 Å². The van der Waals surface area contributed by atoms with Crippen LogP contribution in [0.4, 0.5) is 17.1 Å². The van der Waals surface area contributed by atoms with Crippen molar-refractivity contribution >= 4 is 28.8 Å². The van der Waals surface area contributed by atoms with Gasteiger partial charge in [-0.25, -0.2) is 0 Å². The first-order valence-corrected chi connectivity index (χ1v) is 6.91. The van der Waals surface area contributed by atoms with Crippen molar-refractivity contribution in [3.63, 3.8) is 0 Å². The molecule has 0 bridgehead atoms. The molecular formula is C15H18N2S. The lowest BCUT2D eigenvalue weighted by Gasteiger charge is -2.10. The summed E-state index contributed by atoms with van der Waals surface area (Å²) in [5.41, 5.74) is 8.66. The van der Waals surface area contributed by atoms with Crippen LogP contribution in [0.1, 0.15) is 13.8 Å². The Morgan fingerprint density at radius 2 is 1.67 bits per heavy atom. The van der Waals surface area contributed by atoms with Crippen LogP contribution in [-0.2, 0) is 0 Å². The lowest BCUT2D eigenvalue weighted by molar-refractivity contribution is 1.11. The first-order valence-electron chi connectivity index (χ1n) is 6.03. The Labute approximate surface area is 113 Å². The Morgan fingerprint density at radius 3 is 2.28 bits per heavy atom. The van der Waals surface area contributed by atoms with Gasteiger partial charge in [0, 0.05) is 15.8 Å². The van der Waals surface area contributed by atoms with Crippen LogP contribution < -0.4 is 11.1 Å². The molecule has 0 amide bonds. The number of nitrogen functional groups attached to an aromatic ring is 1. The fourth-order valence-electron chi connectivity index (χ4n) is 1.66. The predicted octanol–water partition coefficient (Wildman–Crippen LogP) is 4.51. The third-order valence-corrected chi connectivity index (χ3v) is 3.48. The van der Waals surface area contributed by atoms with E-state index < -0.39 is 0 Å². The fourth-order valence-corrected chi connectivity index (χ4v) is 2.49. The number of para-hydroxylation sites is 2. The molecule has 0 aliphatic rings. The molecule has 18 heavy (non-hydrogen) atoms. The van der Waals surface area contributed by atoms with E-state index in [0.29, 0.717) is 5.25 Å². The summed E-state index contributed by atoms with van der Waals surface area (Å²) in [6.07, 6.45) is 0. The van der Waals surface area contributed by atoms with Gasteiger partial charge in [-0.1, -0.05) is 26.0 Å². The second-order valence-corrected chi connectivity index (χ2v) is 6.05. The molecule has 0 atom stereocenters. The van der Waals surface area contributed by atoms with Gasteiger partial charge in [0.15, 0.2) is 0 Å². The second kappa shape index (κ2) is 5.83. The minimum absolute atomic E-state index is 0.605. The predicted molar refractivity (Wildman–Crippen MR) is 81.6 cm³/mol. The number of nitrogens with two attached hydrogens (primary N) is 1. The summed E-state index contributed by atoms with van der Waals surface area (Å²) in [5, 5.41) is 3.92. The summed E-state index contributed by atoms with van der Waals surface area (Å²) >= 11 is 1.86. The lowest BCUT2D eigenvalue weighted by Crippen LogP contribution is -1.95. The summed E-state index contributed by atoms with van der Waals surface area (Å²) in [5.74, 6) is 0. The molecule has 0 aliphatic heterocycles. The topological polar surface area (TPSA) is 38.0 Å². The maximum absolute atomic E-state index is 5.90. The number of rotatable bonds is 4. The molecule has 0 heterocycles. The van der Waals surface area contributed by atoms with E-state index >= 15 is 0 Å². The van der Waals surface area contributed by atoms with Crippen LogP contribution in [0.25, 0.3) is 0 Å². The zero-order valence-electron chi connectivity index (χ0n) is 10.7. The van der Waals surface area contributed by atoms with Gasteiger partial charge in [0.2, 0.25) is 0 Å². The number of thioether (sulfide) groups is 1. The highest BCUT2D eigenvalue weighted by Gasteiger charge is 2.00. The number of anilines is 3. The van der Waals surface area contributed by atoms with Crippen LogP contribution in [0.15, 0.2) is 53.4 Å². The summed E-state index contributed by atoms with van der Waals surface area (Å²) in [7, 11) is 0. The van der Waals surface area contributed by atoms with Crippen molar-refractivity contribution in [3.8, 4) is 0 Å². The maximum atomic E-state index is 5.90. The van der Waals surface area contributed by atoms with Crippen molar-refractivity contribution in [3.05, 3.63) is 48.5 Å². The minimum atomic E-state index is 0.605. The Morgan fingerprint density at radius 1 is 1.00 bits per heavy atom. The number of nitrogens with one attached hydrogen (secondary N) is 1. The molecule has 0 radical (unpaired) electrons. The van der Waals surface area contributed by atoms with Crippen LogP contribution in [-0.4, -0.2) is 5.25 Å². The normalized spacial score (nSPS) is 10.6. The molecule has 3 N–H and O–H groups in total. The van der Waals surface area contributed by atoms with Gasteiger partial charge in [-0.3, -0.25) is 0 Å². The van der Waals surface area contributed by atoms with E-state index in [9.17, 15) is 0 Å². The Balaban J connectivity index is 2.09. The average Bonchev–Trinajstić information content (AvgIpc) is 2.34. The van der Waals surface area contributed by atoms with E-state index in [0.717, 1.165) is 17.1 Å². The molecule has 0 aliphatic carbocycles. The van der Waals surface area contributed by atoms with Gasteiger partial charge < -0.3 is 11.1 Å². The minimum Gasteiger partial charge on any atom is -0.397 e. The summed E-state index contributed by atoms with van der Waals surface area (Å²) in [4.78, 5) is 1.29. The summed E-state index contributed by atoms with van der Waals surface area (Å²) < 4.78 is 0. The molecule has 2 rings (SSSR count). The van der Waals surface area contributed by atoms with E-state index in [1.165, 1.54) is 4.90 Å². The fraction of sp³-hybridized carbons (Fsp3) is 0.200. The standard InChI is InChI=1S/C15H18N2S/c1-11(2)18-13-9-7-12(8-10-13)17-15-6-4-3-5-14(15)16/h3-11,17H,16H2,1-2H3. The van der Waals surface area contributed by atoms with Crippen LogP contribution in [0, 0.1) is 0 Å². The Kier molecular flexibility index (Phi) is 4.15. The molecule has 0 saturated carbocycles. The average molecular weight is 258 g/mol. The summed E-state index contributed by atoms with van der Waals surface area (Å²) in [6.45, 7) is 4.39. The zero-order chi connectivity index (χ0) is 13.0. The van der Waals surface area contributed by atoms with Gasteiger partial charge in [0.1, 0.15) is 0 Å². The van der Waals surface area contributed by atoms with Gasteiger partial charge in [0.25, 0.3) is 0 Å². The quantitative estimate of drug-likeness (QED) is 0.626. The van der Waals surface area contributed by atoms with Crippen molar-refractivity contribution in [2.24, 2.45) is 0 Å². The largest absolute Gasteiger partial charge is 0.397 e. The van der Waals surface area contributed by atoms with Gasteiger partial charge in [-0.2, -0.15) is 0 Å². The van der Waals surface area contributed by atoms with Gasteiger partial charge >= 0.3 is 0 Å². The van der Waals surface area contributed by atoms with E-state index in [4.69, 9.17) is 5.73 Å². The number of benzene rings is 2. The van der Waals surface area contributed by atoms with Crippen molar-refractivity contribution in [2.45, 2.75) is 24.0 Å². The lowest BCUT2D eigenvalue weighted by atomic mass is 10.2. The molecule has 3 heteroatoms. The summed E-state index contributed by atoms with van der Waals surface area (Å²) in [6, 6.07) is 16.2. The van der Waals surface area contributed by atoms with Crippen molar-refractivity contribution in [1.82, 2.24) is 0 Å².